The third kappa shape index (κ3) is 7.68. The Morgan fingerprint density at radius 1 is 1.25 bits per heavy atom. The summed E-state index contributed by atoms with van der Waals surface area (Å²) in [5.74, 6) is 2.24. The fourth-order valence-electron chi connectivity index (χ4n) is 3.51. The molecule has 1 aromatic rings. The molecule has 0 aliphatic carbocycles. The number of aliphatic hydroxyl groups excluding tert-OH is 1. The fourth-order valence-corrected chi connectivity index (χ4v) is 3.51. The number of aliphatic hydroxyl groups is 1. The number of piperidine rings is 1. The first-order valence-corrected chi connectivity index (χ1v) is 10.7. The van der Waals surface area contributed by atoms with Gasteiger partial charge in [0.05, 0.1) is 18.8 Å². The van der Waals surface area contributed by atoms with Crippen LogP contribution in [0.5, 0.6) is 5.75 Å². The zero-order valence-electron chi connectivity index (χ0n) is 17.9. The predicted octanol–water partition coefficient (Wildman–Crippen LogP) is 2.79. The van der Waals surface area contributed by atoms with Gasteiger partial charge in [-0.1, -0.05) is 19.1 Å². The Morgan fingerprint density at radius 2 is 2.00 bits per heavy atom. The molecule has 2 unspecified atom stereocenters. The molecular weight excluding hydrogens is 352 g/mol. The molecule has 1 aromatic carbocycles. The normalized spacial score (nSPS) is 19.5. The number of hydrogen-bond acceptors (Lipinski definition) is 4. The zero-order valence-corrected chi connectivity index (χ0v) is 17.9. The van der Waals surface area contributed by atoms with Crippen LogP contribution >= 0.6 is 0 Å². The molecule has 1 heterocycles. The Balaban J connectivity index is 1.86. The highest BCUT2D eigenvalue weighted by Gasteiger charge is 2.18. The maximum Gasteiger partial charge on any atom is 0.191 e. The number of ether oxygens (including phenoxy) is 1. The lowest BCUT2D eigenvalue weighted by Gasteiger charge is -2.32. The molecule has 2 rings (SSSR count). The molecule has 0 aromatic heterocycles. The van der Waals surface area contributed by atoms with Crippen molar-refractivity contribution in [3.8, 4) is 5.75 Å². The van der Waals surface area contributed by atoms with Crippen LogP contribution in [0.2, 0.25) is 0 Å². The predicted molar refractivity (Wildman–Crippen MR) is 116 cm³/mol. The van der Waals surface area contributed by atoms with Gasteiger partial charge in [0.1, 0.15) is 5.75 Å². The number of nitrogens with one attached hydrogen (secondary N) is 2. The maximum atomic E-state index is 10.5. The number of nitrogens with zero attached hydrogens (tertiary/aromatic N) is 2. The van der Waals surface area contributed by atoms with Crippen molar-refractivity contribution in [3.63, 3.8) is 0 Å². The van der Waals surface area contributed by atoms with Gasteiger partial charge in [-0.3, -0.25) is 4.99 Å². The minimum absolute atomic E-state index is 0.141. The van der Waals surface area contributed by atoms with Crippen LogP contribution in [0.15, 0.2) is 29.3 Å². The average molecular weight is 391 g/mol. The van der Waals surface area contributed by atoms with Crippen LogP contribution < -0.4 is 15.4 Å². The molecule has 1 aliphatic rings. The second-order valence-corrected chi connectivity index (χ2v) is 7.75. The Labute approximate surface area is 170 Å². The van der Waals surface area contributed by atoms with Gasteiger partial charge >= 0.3 is 0 Å². The van der Waals surface area contributed by atoms with Gasteiger partial charge < -0.3 is 25.4 Å². The summed E-state index contributed by atoms with van der Waals surface area (Å²) in [6.45, 7) is 13.8. The van der Waals surface area contributed by atoms with E-state index in [0.29, 0.717) is 12.5 Å². The van der Waals surface area contributed by atoms with E-state index in [9.17, 15) is 5.11 Å². The van der Waals surface area contributed by atoms with Gasteiger partial charge in [-0.15, -0.1) is 0 Å². The van der Waals surface area contributed by atoms with E-state index in [1.807, 2.05) is 38.1 Å². The molecule has 0 saturated carbocycles. The highest BCUT2D eigenvalue weighted by atomic mass is 16.5. The van der Waals surface area contributed by atoms with Crippen LogP contribution in [0.25, 0.3) is 0 Å². The van der Waals surface area contributed by atoms with Gasteiger partial charge in [0.15, 0.2) is 5.96 Å². The van der Waals surface area contributed by atoms with E-state index in [0.717, 1.165) is 43.5 Å². The summed E-state index contributed by atoms with van der Waals surface area (Å²) in [5.41, 5.74) is 0.849. The molecule has 6 heteroatoms. The van der Waals surface area contributed by atoms with E-state index in [2.05, 4.69) is 34.4 Å². The molecule has 0 bridgehead atoms. The Bertz CT molecular complexity index is 589. The van der Waals surface area contributed by atoms with Crippen LogP contribution in [0, 0.1) is 5.92 Å². The lowest BCUT2D eigenvalue weighted by atomic mass is 9.98. The molecule has 0 amide bonds. The van der Waals surface area contributed by atoms with Crippen LogP contribution in [0.4, 0.5) is 0 Å². The van der Waals surface area contributed by atoms with Crippen molar-refractivity contribution in [1.82, 2.24) is 15.5 Å². The summed E-state index contributed by atoms with van der Waals surface area (Å²) in [7, 11) is 0. The average Bonchev–Trinajstić information content (AvgIpc) is 2.70. The number of rotatable bonds is 9. The van der Waals surface area contributed by atoms with Crippen molar-refractivity contribution in [1.29, 1.82) is 0 Å². The first-order valence-electron chi connectivity index (χ1n) is 10.7. The number of benzene rings is 1. The van der Waals surface area contributed by atoms with Crippen molar-refractivity contribution in [2.75, 3.05) is 39.3 Å². The van der Waals surface area contributed by atoms with Gasteiger partial charge in [0, 0.05) is 19.6 Å². The molecule has 1 fully saturated rings. The number of hydrogen-bond donors (Lipinski definition) is 3. The quantitative estimate of drug-likeness (QED) is 0.447. The maximum absolute atomic E-state index is 10.5. The molecule has 6 nitrogen and oxygen atoms in total. The van der Waals surface area contributed by atoms with Crippen molar-refractivity contribution >= 4 is 5.96 Å². The topological polar surface area (TPSA) is 69.1 Å². The molecule has 3 N–H and O–H groups in total. The lowest BCUT2D eigenvalue weighted by molar-refractivity contribution is 0.182. The summed E-state index contributed by atoms with van der Waals surface area (Å²) in [6.07, 6.45) is 2.04. The smallest absolute Gasteiger partial charge is 0.191 e. The highest BCUT2D eigenvalue weighted by molar-refractivity contribution is 5.79. The van der Waals surface area contributed by atoms with Crippen molar-refractivity contribution < 1.29 is 9.84 Å². The van der Waals surface area contributed by atoms with E-state index in [-0.39, 0.29) is 6.10 Å². The molecule has 0 radical (unpaired) electrons. The van der Waals surface area contributed by atoms with Gasteiger partial charge in [-0.05, 0) is 70.3 Å². The van der Waals surface area contributed by atoms with Crippen LogP contribution in [0.1, 0.15) is 52.2 Å². The molecule has 1 aliphatic heterocycles. The monoisotopic (exact) mass is 390 g/mol. The van der Waals surface area contributed by atoms with E-state index in [1.165, 1.54) is 19.4 Å². The molecule has 0 spiro atoms. The number of likely N-dealkylation sites (tertiary alicyclic amines) is 1. The largest absolute Gasteiger partial charge is 0.491 e. The second-order valence-electron chi connectivity index (χ2n) is 7.75. The summed E-state index contributed by atoms with van der Waals surface area (Å²) in [6, 6.07) is 7.60. The van der Waals surface area contributed by atoms with Crippen LogP contribution in [-0.4, -0.2) is 61.3 Å². The summed E-state index contributed by atoms with van der Waals surface area (Å²) in [5, 5.41) is 17.2. The van der Waals surface area contributed by atoms with Crippen molar-refractivity contribution in [2.45, 2.75) is 52.7 Å². The highest BCUT2D eigenvalue weighted by Crippen LogP contribution is 2.19. The van der Waals surface area contributed by atoms with E-state index in [4.69, 9.17) is 4.74 Å². The number of aliphatic imine (C=N–C) groups is 1. The third-order valence-corrected chi connectivity index (χ3v) is 5.01. The third-order valence-electron chi connectivity index (χ3n) is 5.01. The summed E-state index contributed by atoms with van der Waals surface area (Å²) >= 11 is 0. The van der Waals surface area contributed by atoms with Crippen molar-refractivity contribution in [2.24, 2.45) is 10.9 Å². The van der Waals surface area contributed by atoms with Crippen LogP contribution in [0.3, 0.4) is 0 Å². The van der Waals surface area contributed by atoms with Gasteiger partial charge in [0.25, 0.3) is 0 Å². The standard InChI is InChI=1S/C22H38N4O2/c1-5-23-22(24-14-18-8-7-13-26(6-2)16-18)25-15-21(27)19-9-11-20(12-10-19)28-17(3)4/h9-12,17-18,21,27H,5-8,13-16H2,1-4H3,(H2,23,24,25). The summed E-state index contributed by atoms with van der Waals surface area (Å²) in [4.78, 5) is 7.09. The van der Waals surface area contributed by atoms with E-state index in [1.54, 1.807) is 0 Å². The van der Waals surface area contributed by atoms with Gasteiger partial charge in [-0.25, -0.2) is 0 Å². The lowest BCUT2D eigenvalue weighted by Crippen LogP contribution is -2.44. The molecular formula is C22H38N4O2. The van der Waals surface area contributed by atoms with Gasteiger partial charge in [0.2, 0.25) is 0 Å². The SMILES string of the molecule is CCNC(=NCC(O)c1ccc(OC(C)C)cc1)NCC1CCCN(CC)C1. The first kappa shape index (κ1) is 22.5. The summed E-state index contributed by atoms with van der Waals surface area (Å²) < 4.78 is 5.65. The molecule has 28 heavy (non-hydrogen) atoms. The minimum atomic E-state index is -0.631. The first-order chi connectivity index (χ1) is 13.5. The number of guanidine groups is 1. The van der Waals surface area contributed by atoms with Crippen LogP contribution in [-0.2, 0) is 0 Å². The Morgan fingerprint density at radius 3 is 2.64 bits per heavy atom. The minimum Gasteiger partial charge on any atom is -0.491 e. The molecule has 1 saturated heterocycles. The van der Waals surface area contributed by atoms with Gasteiger partial charge in [-0.2, -0.15) is 0 Å². The zero-order chi connectivity index (χ0) is 20.4. The molecule has 2 atom stereocenters. The Hall–Kier alpha value is -1.79. The van der Waals surface area contributed by atoms with E-state index >= 15 is 0 Å². The second kappa shape index (κ2) is 11.9. The molecule has 158 valence electrons. The Kier molecular flexibility index (Phi) is 9.58. The van der Waals surface area contributed by atoms with Crippen molar-refractivity contribution in [3.05, 3.63) is 29.8 Å². The fraction of sp³-hybridized carbons (Fsp3) is 0.682. The van der Waals surface area contributed by atoms with E-state index < -0.39 is 6.10 Å².